The molecular weight excluding hydrogens is 174 g/mol. The maximum atomic E-state index is 5.63. The van der Waals surface area contributed by atoms with Crippen molar-refractivity contribution < 1.29 is 0 Å². The monoisotopic (exact) mass is 185 g/mol. The van der Waals surface area contributed by atoms with Gasteiger partial charge in [0.15, 0.2) is 0 Å². The van der Waals surface area contributed by atoms with Crippen LogP contribution in [0.5, 0.6) is 0 Å². The van der Waals surface area contributed by atoms with Crippen LogP contribution in [0.15, 0.2) is 43.0 Å². The number of hydrogen-bond acceptors (Lipinski definition) is 3. The van der Waals surface area contributed by atoms with Crippen molar-refractivity contribution in [3.05, 3.63) is 48.5 Å². The second-order valence-electron chi connectivity index (χ2n) is 2.97. The third-order valence-electron chi connectivity index (χ3n) is 2.11. The number of nitrogens with two attached hydrogens (primary N) is 1. The van der Waals surface area contributed by atoms with Crippen molar-refractivity contribution in [1.82, 2.24) is 9.97 Å². The van der Waals surface area contributed by atoms with Gasteiger partial charge in [0.2, 0.25) is 0 Å². The summed E-state index contributed by atoms with van der Waals surface area (Å²) in [6.45, 7) is 0.505. The van der Waals surface area contributed by atoms with Gasteiger partial charge in [-0.25, -0.2) is 0 Å². The van der Waals surface area contributed by atoms with E-state index in [1.54, 1.807) is 24.8 Å². The Hall–Kier alpha value is -1.74. The van der Waals surface area contributed by atoms with E-state index < -0.39 is 0 Å². The van der Waals surface area contributed by atoms with Crippen molar-refractivity contribution in [3.63, 3.8) is 0 Å². The molecule has 2 rings (SSSR count). The molecule has 2 heterocycles. The minimum Gasteiger partial charge on any atom is -0.326 e. The summed E-state index contributed by atoms with van der Waals surface area (Å²) in [4.78, 5) is 8.03. The van der Waals surface area contributed by atoms with Crippen LogP contribution in [-0.2, 0) is 6.54 Å². The summed E-state index contributed by atoms with van der Waals surface area (Å²) in [5.74, 6) is 0. The van der Waals surface area contributed by atoms with Crippen LogP contribution in [0.4, 0.5) is 0 Å². The third-order valence-corrected chi connectivity index (χ3v) is 2.11. The average Bonchev–Trinajstić information content (AvgIpc) is 2.30. The second-order valence-corrected chi connectivity index (χ2v) is 2.97. The second kappa shape index (κ2) is 3.98. The summed E-state index contributed by atoms with van der Waals surface area (Å²) in [7, 11) is 0. The van der Waals surface area contributed by atoms with Crippen LogP contribution in [0.2, 0.25) is 0 Å². The highest BCUT2D eigenvalue weighted by Crippen LogP contribution is 2.21. The lowest BCUT2D eigenvalue weighted by Gasteiger charge is -2.05. The Morgan fingerprint density at radius 3 is 2.43 bits per heavy atom. The average molecular weight is 185 g/mol. The molecule has 0 aliphatic carbocycles. The standard InChI is InChI=1S/C11H11N3/c12-7-10-8-14-6-3-11(10)9-1-4-13-5-2-9/h1-6,8H,7,12H2. The molecule has 0 amide bonds. The summed E-state index contributed by atoms with van der Waals surface area (Å²) in [6.07, 6.45) is 7.12. The molecule has 2 N–H and O–H groups in total. The fourth-order valence-electron chi connectivity index (χ4n) is 1.40. The van der Waals surface area contributed by atoms with Gasteiger partial charge in [-0.3, -0.25) is 9.97 Å². The molecule has 0 unspecified atom stereocenters. The normalized spacial score (nSPS) is 10.1. The van der Waals surface area contributed by atoms with Gasteiger partial charge in [-0.1, -0.05) is 0 Å². The molecule has 70 valence electrons. The largest absolute Gasteiger partial charge is 0.326 e. The first kappa shape index (κ1) is 8.84. The zero-order valence-electron chi connectivity index (χ0n) is 7.72. The number of rotatable bonds is 2. The van der Waals surface area contributed by atoms with E-state index in [1.165, 1.54) is 0 Å². The van der Waals surface area contributed by atoms with Crippen LogP contribution in [0.3, 0.4) is 0 Å². The lowest BCUT2D eigenvalue weighted by atomic mass is 10.0. The van der Waals surface area contributed by atoms with Crippen LogP contribution in [0.25, 0.3) is 11.1 Å². The molecule has 3 heteroatoms. The number of hydrogen-bond donors (Lipinski definition) is 1. The molecule has 0 saturated carbocycles. The van der Waals surface area contributed by atoms with Gasteiger partial charge in [0.1, 0.15) is 0 Å². The highest BCUT2D eigenvalue weighted by atomic mass is 14.6. The van der Waals surface area contributed by atoms with Crippen molar-refractivity contribution >= 4 is 0 Å². The molecule has 0 spiro atoms. The Bertz CT molecular complexity index is 412. The van der Waals surface area contributed by atoms with Crippen molar-refractivity contribution in [2.24, 2.45) is 5.73 Å². The quantitative estimate of drug-likeness (QED) is 0.773. The molecule has 0 saturated heterocycles. The van der Waals surface area contributed by atoms with Crippen molar-refractivity contribution in [1.29, 1.82) is 0 Å². The predicted molar refractivity (Wildman–Crippen MR) is 55.4 cm³/mol. The Morgan fingerprint density at radius 2 is 1.71 bits per heavy atom. The summed E-state index contributed by atoms with van der Waals surface area (Å²) in [5, 5.41) is 0. The Labute approximate surface area is 82.6 Å². The number of nitrogens with zero attached hydrogens (tertiary/aromatic N) is 2. The van der Waals surface area contributed by atoms with E-state index in [0.29, 0.717) is 6.54 Å². The van der Waals surface area contributed by atoms with Crippen molar-refractivity contribution in [3.8, 4) is 11.1 Å². The minimum atomic E-state index is 0.505. The predicted octanol–water partition coefficient (Wildman–Crippen LogP) is 1.60. The van der Waals surface area contributed by atoms with E-state index in [2.05, 4.69) is 9.97 Å². The van der Waals surface area contributed by atoms with E-state index in [4.69, 9.17) is 5.73 Å². The van der Waals surface area contributed by atoms with Gasteiger partial charge in [0, 0.05) is 31.3 Å². The molecule has 0 aromatic carbocycles. The Kier molecular flexibility index (Phi) is 2.51. The van der Waals surface area contributed by atoms with E-state index >= 15 is 0 Å². The lowest BCUT2D eigenvalue weighted by molar-refractivity contribution is 1.05. The molecule has 0 atom stereocenters. The summed E-state index contributed by atoms with van der Waals surface area (Å²) in [5.41, 5.74) is 8.94. The van der Waals surface area contributed by atoms with Crippen LogP contribution in [0.1, 0.15) is 5.56 Å². The van der Waals surface area contributed by atoms with Crippen LogP contribution >= 0.6 is 0 Å². The van der Waals surface area contributed by atoms with Crippen LogP contribution < -0.4 is 5.73 Å². The summed E-state index contributed by atoms with van der Waals surface area (Å²) >= 11 is 0. The molecule has 0 fully saturated rings. The van der Waals surface area contributed by atoms with Gasteiger partial charge >= 0.3 is 0 Å². The van der Waals surface area contributed by atoms with Gasteiger partial charge in [0.25, 0.3) is 0 Å². The van der Waals surface area contributed by atoms with Gasteiger partial charge < -0.3 is 5.73 Å². The zero-order valence-corrected chi connectivity index (χ0v) is 7.72. The Morgan fingerprint density at radius 1 is 1.00 bits per heavy atom. The van der Waals surface area contributed by atoms with Crippen LogP contribution in [0, 0.1) is 0 Å². The minimum absolute atomic E-state index is 0.505. The first-order chi connectivity index (χ1) is 6.92. The highest BCUT2D eigenvalue weighted by molar-refractivity contribution is 5.65. The topological polar surface area (TPSA) is 51.8 Å². The Balaban J connectivity index is 2.51. The fourth-order valence-corrected chi connectivity index (χ4v) is 1.40. The number of pyridine rings is 2. The SMILES string of the molecule is NCc1cnccc1-c1ccncc1. The fraction of sp³-hybridized carbons (Fsp3) is 0.0909. The molecule has 14 heavy (non-hydrogen) atoms. The van der Waals surface area contributed by atoms with Crippen LogP contribution in [-0.4, -0.2) is 9.97 Å². The maximum Gasteiger partial charge on any atom is 0.0318 e. The lowest BCUT2D eigenvalue weighted by Crippen LogP contribution is -1.99. The van der Waals surface area contributed by atoms with E-state index in [-0.39, 0.29) is 0 Å². The van der Waals surface area contributed by atoms with Crippen molar-refractivity contribution in [2.75, 3.05) is 0 Å². The maximum absolute atomic E-state index is 5.63. The third kappa shape index (κ3) is 1.63. The first-order valence-corrected chi connectivity index (χ1v) is 4.45. The van der Waals surface area contributed by atoms with Gasteiger partial charge in [-0.15, -0.1) is 0 Å². The van der Waals surface area contributed by atoms with E-state index in [9.17, 15) is 0 Å². The molecular formula is C11H11N3. The molecule has 0 radical (unpaired) electrons. The molecule has 0 bridgehead atoms. The van der Waals surface area contributed by atoms with E-state index in [1.807, 2.05) is 18.2 Å². The smallest absolute Gasteiger partial charge is 0.0318 e. The molecule has 0 aliphatic rings. The molecule has 2 aromatic rings. The number of aromatic nitrogens is 2. The van der Waals surface area contributed by atoms with E-state index in [0.717, 1.165) is 16.7 Å². The van der Waals surface area contributed by atoms with Gasteiger partial charge in [-0.05, 0) is 34.9 Å². The molecule has 3 nitrogen and oxygen atoms in total. The highest BCUT2D eigenvalue weighted by Gasteiger charge is 2.01. The first-order valence-electron chi connectivity index (χ1n) is 4.45. The van der Waals surface area contributed by atoms with Crippen molar-refractivity contribution in [2.45, 2.75) is 6.54 Å². The molecule has 2 aromatic heterocycles. The summed E-state index contributed by atoms with van der Waals surface area (Å²) < 4.78 is 0. The van der Waals surface area contributed by atoms with Gasteiger partial charge in [-0.2, -0.15) is 0 Å². The molecule has 0 aliphatic heterocycles. The summed E-state index contributed by atoms with van der Waals surface area (Å²) in [6, 6.07) is 5.90. The zero-order chi connectivity index (χ0) is 9.80. The van der Waals surface area contributed by atoms with Gasteiger partial charge in [0.05, 0.1) is 0 Å².